The molecule has 0 aliphatic heterocycles. The van der Waals surface area contributed by atoms with Crippen molar-refractivity contribution in [3.8, 4) is 0 Å². The molecule has 0 aliphatic rings. The summed E-state index contributed by atoms with van der Waals surface area (Å²) in [5, 5.41) is 9.73. The van der Waals surface area contributed by atoms with E-state index in [2.05, 4.69) is 9.97 Å². The van der Waals surface area contributed by atoms with Crippen molar-refractivity contribution < 1.29 is 9.50 Å². The quantitative estimate of drug-likeness (QED) is 0.759. The van der Waals surface area contributed by atoms with Crippen molar-refractivity contribution in [2.45, 2.75) is 6.10 Å². The minimum Gasteiger partial charge on any atom is -0.380 e. The van der Waals surface area contributed by atoms with Crippen LogP contribution in [-0.4, -0.2) is 15.1 Å². The number of hydrogen-bond donors (Lipinski definition) is 2. The highest BCUT2D eigenvalue weighted by Gasteiger charge is 2.16. The molecule has 2 aromatic rings. The largest absolute Gasteiger partial charge is 0.380 e. The normalized spacial score (nSPS) is 12.7. The second-order valence-electron chi connectivity index (χ2n) is 2.90. The zero-order chi connectivity index (χ0) is 9.97. The van der Waals surface area contributed by atoms with E-state index in [0.29, 0.717) is 5.69 Å². The lowest BCUT2D eigenvalue weighted by Crippen LogP contribution is -2.05. The van der Waals surface area contributed by atoms with Gasteiger partial charge in [0.15, 0.2) is 0 Å². The average molecular weight is 192 g/mol. The number of hydrogen-bond acceptors (Lipinski definition) is 2. The molecular weight excluding hydrogens is 183 g/mol. The second-order valence-corrected chi connectivity index (χ2v) is 2.90. The minimum absolute atomic E-state index is 0.0370. The summed E-state index contributed by atoms with van der Waals surface area (Å²) >= 11 is 0. The number of aliphatic hydroxyl groups is 1. The molecular formula is C10H9FN2O. The van der Waals surface area contributed by atoms with E-state index in [1.54, 1.807) is 18.3 Å². The lowest BCUT2D eigenvalue weighted by molar-refractivity contribution is 0.205. The van der Waals surface area contributed by atoms with Crippen LogP contribution in [0.1, 0.15) is 17.5 Å². The predicted octanol–water partition coefficient (Wildman–Crippen LogP) is 1.63. The van der Waals surface area contributed by atoms with E-state index in [0.717, 1.165) is 0 Å². The molecule has 14 heavy (non-hydrogen) atoms. The Hall–Kier alpha value is -1.68. The lowest BCUT2D eigenvalue weighted by Gasteiger charge is -2.08. The summed E-state index contributed by atoms with van der Waals surface area (Å²) < 4.78 is 13.2. The Morgan fingerprint density at radius 1 is 1.36 bits per heavy atom. The molecule has 0 saturated carbocycles. The summed E-state index contributed by atoms with van der Waals surface area (Å²) in [7, 11) is 0. The van der Waals surface area contributed by atoms with Gasteiger partial charge in [0.2, 0.25) is 0 Å². The highest BCUT2D eigenvalue weighted by atomic mass is 19.1. The van der Waals surface area contributed by atoms with Crippen LogP contribution in [0.3, 0.4) is 0 Å². The van der Waals surface area contributed by atoms with Gasteiger partial charge in [-0.2, -0.15) is 0 Å². The zero-order valence-electron chi connectivity index (χ0n) is 7.31. The van der Waals surface area contributed by atoms with Crippen LogP contribution in [0.5, 0.6) is 0 Å². The Kier molecular flexibility index (Phi) is 2.28. The molecule has 0 radical (unpaired) electrons. The molecule has 0 aromatic carbocycles. The zero-order valence-corrected chi connectivity index (χ0v) is 7.31. The molecule has 0 amide bonds. The fraction of sp³-hybridized carbons (Fsp3) is 0.100. The fourth-order valence-electron chi connectivity index (χ4n) is 1.26. The standard InChI is InChI=1S/C10H9FN2O/c11-7-3-1-6-13-9(7)10(14)8-4-2-5-12-8/h1-6,10,12,14H. The number of halogens is 1. The van der Waals surface area contributed by atoms with Gasteiger partial charge in [0, 0.05) is 12.4 Å². The van der Waals surface area contributed by atoms with Crippen molar-refractivity contribution in [1.29, 1.82) is 0 Å². The van der Waals surface area contributed by atoms with E-state index in [4.69, 9.17) is 0 Å². The maximum absolute atomic E-state index is 13.2. The van der Waals surface area contributed by atoms with Gasteiger partial charge in [-0.05, 0) is 24.3 Å². The summed E-state index contributed by atoms with van der Waals surface area (Å²) in [6.45, 7) is 0. The first kappa shape index (κ1) is 8.90. The van der Waals surface area contributed by atoms with Crippen LogP contribution in [0.15, 0.2) is 36.7 Å². The monoisotopic (exact) mass is 192 g/mol. The van der Waals surface area contributed by atoms with Gasteiger partial charge < -0.3 is 10.1 Å². The molecule has 0 saturated heterocycles. The molecule has 2 aromatic heterocycles. The Morgan fingerprint density at radius 2 is 2.21 bits per heavy atom. The van der Waals surface area contributed by atoms with E-state index >= 15 is 0 Å². The molecule has 2 N–H and O–H groups in total. The van der Waals surface area contributed by atoms with Gasteiger partial charge in [-0.15, -0.1) is 0 Å². The first-order chi connectivity index (χ1) is 6.79. The number of rotatable bonds is 2. The van der Waals surface area contributed by atoms with Gasteiger partial charge >= 0.3 is 0 Å². The van der Waals surface area contributed by atoms with Gasteiger partial charge in [-0.25, -0.2) is 4.39 Å². The molecule has 72 valence electrons. The number of nitrogens with zero attached hydrogens (tertiary/aromatic N) is 1. The summed E-state index contributed by atoms with van der Waals surface area (Å²) in [5.41, 5.74) is 0.567. The molecule has 0 bridgehead atoms. The van der Waals surface area contributed by atoms with Crippen molar-refractivity contribution in [1.82, 2.24) is 9.97 Å². The number of H-pyrrole nitrogens is 1. The fourth-order valence-corrected chi connectivity index (χ4v) is 1.26. The van der Waals surface area contributed by atoms with Crippen LogP contribution in [0.2, 0.25) is 0 Å². The Balaban J connectivity index is 2.37. The number of aliphatic hydroxyl groups excluding tert-OH is 1. The van der Waals surface area contributed by atoms with Crippen LogP contribution in [-0.2, 0) is 0 Å². The minimum atomic E-state index is -1.04. The molecule has 0 aliphatic carbocycles. The summed E-state index contributed by atoms with van der Waals surface area (Å²) in [4.78, 5) is 6.60. The number of aromatic nitrogens is 2. The summed E-state index contributed by atoms with van der Waals surface area (Å²) in [5.74, 6) is -0.505. The highest BCUT2D eigenvalue weighted by molar-refractivity contribution is 5.20. The first-order valence-electron chi connectivity index (χ1n) is 4.21. The average Bonchev–Trinajstić information content (AvgIpc) is 2.70. The van der Waals surface area contributed by atoms with Crippen LogP contribution in [0, 0.1) is 5.82 Å². The molecule has 2 heterocycles. The van der Waals surface area contributed by atoms with Crippen molar-refractivity contribution in [3.05, 3.63) is 53.9 Å². The van der Waals surface area contributed by atoms with Gasteiger partial charge in [0.05, 0.1) is 5.69 Å². The van der Waals surface area contributed by atoms with Crippen molar-refractivity contribution in [2.75, 3.05) is 0 Å². The van der Waals surface area contributed by atoms with Gasteiger partial charge in [-0.1, -0.05) is 0 Å². The number of pyridine rings is 1. The van der Waals surface area contributed by atoms with E-state index in [1.165, 1.54) is 18.3 Å². The Labute approximate surface area is 80.2 Å². The molecule has 2 rings (SSSR count). The predicted molar refractivity (Wildman–Crippen MR) is 49.0 cm³/mol. The van der Waals surface area contributed by atoms with Crippen molar-refractivity contribution in [3.63, 3.8) is 0 Å². The lowest BCUT2D eigenvalue weighted by atomic mass is 10.1. The van der Waals surface area contributed by atoms with E-state index in [1.807, 2.05) is 0 Å². The highest BCUT2D eigenvalue weighted by Crippen LogP contribution is 2.20. The molecule has 0 fully saturated rings. The maximum Gasteiger partial charge on any atom is 0.147 e. The van der Waals surface area contributed by atoms with Crippen LogP contribution >= 0.6 is 0 Å². The van der Waals surface area contributed by atoms with Gasteiger partial charge in [0.1, 0.15) is 17.6 Å². The van der Waals surface area contributed by atoms with Crippen molar-refractivity contribution >= 4 is 0 Å². The third kappa shape index (κ3) is 1.52. The van der Waals surface area contributed by atoms with E-state index < -0.39 is 11.9 Å². The molecule has 4 heteroatoms. The van der Waals surface area contributed by atoms with Crippen molar-refractivity contribution in [2.24, 2.45) is 0 Å². The van der Waals surface area contributed by atoms with Crippen LogP contribution < -0.4 is 0 Å². The molecule has 1 atom stereocenters. The van der Waals surface area contributed by atoms with Crippen LogP contribution in [0.25, 0.3) is 0 Å². The molecule has 0 spiro atoms. The molecule has 3 nitrogen and oxygen atoms in total. The van der Waals surface area contributed by atoms with Gasteiger partial charge in [-0.3, -0.25) is 4.98 Å². The van der Waals surface area contributed by atoms with Gasteiger partial charge in [0.25, 0.3) is 0 Å². The van der Waals surface area contributed by atoms with E-state index in [9.17, 15) is 9.50 Å². The SMILES string of the molecule is OC(c1ccc[nH]1)c1ncccc1F. The second kappa shape index (κ2) is 3.59. The smallest absolute Gasteiger partial charge is 0.147 e. The molecule has 1 unspecified atom stereocenters. The summed E-state index contributed by atoms with van der Waals surface area (Å²) in [6.07, 6.45) is 2.08. The van der Waals surface area contributed by atoms with E-state index in [-0.39, 0.29) is 5.69 Å². The third-order valence-electron chi connectivity index (χ3n) is 1.96. The Bertz CT molecular complexity index is 414. The summed E-state index contributed by atoms with van der Waals surface area (Å²) in [6, 6.07) is 6.17. The first-order valence-corrected chi connectivity index (χ1v) is 4.21. The number of aromatic amines is 1. The Morgan fingerprint density at radius 3 is 2.86 bits per heavy atom. The third-order valence-corrected chi connectivity index (χ3v) is 1.96. The topological polar surface area (TPSA) is 48.9 Å². The van der Waals surface area contributed by atoms with Crippen LogP contribution in [0.4, 0.5) is 4.39 Å². The number of nitrogens with one attached hydrogen (secondary N) is 1. The maximum atomic E-state index is 13.2.